The van der Waals surface area contributed by atoms with Gasteiger partial charge in [-0.05, 0) is 18.9 Å². The molecular weight excluding hydrogens is 244 g/mol. The number of ether oxygens (including phenoxy) is 1. The predicted octanol–water partition coefficient (Wildman–Crippen LogP) is 2.67. The zero-order valence-corrected chi connectivity index (χ0v) is 9.97. The van der Waals surface area contributed by atoms with Crippen LogP contribution in [0.1, 0.15) is 25.7 Å². The van der Waals surface area contributed by atoms with E-state index < -0.39 is 0 Å². The molecule has 0 fully saturated rings. The van der Waals surface area contributed by atoms with Crippen LogP contribution in [0.3, 0.4) is 0 Å². The molecule has 0 N–H and O–H groups in total. The second kappa shape index (κ2) is 10.3. The maximum atomic E-state index is 10.7. The number of methoxy groups -OCH3 is 1. The van der Waals surface area contributed by atoms with Gasteiger partial charge in [0.05, 0.1) is 7.11 Å². The van der Waals surface area contributed by atoms with Gasteiger partial charge in [0.1, 0.15) is 0 Å². The van der Waals surface area contributed by atoms with Gasteiger partial charge in [-0.3, -0.25) is 4.79 Å². The molecule has 78 valence electrons. The molecule has 0 aromatic heterocycles. The molecule has 0 spiro atoms. The number of alkyl halides is 1. The van der Waals surface area contributed by atoms with Crippen molar-refractivity contribution in [2.45, 2.75) is 25.7 Å². The minimum Gasteiger partial charge on any atom is -0.469 e. The van der Waals surface area contributed by atoms with E-state index in [2.05, 4.69) is 32.5 Å². The number of esters is 1. The van der Waals surface area contributed by atoms with E-state index in [9.17, 15) is 4.79 Å². The summed E-state index contributed by atoms with van der Waals surface area (Å²) in [5.74, 6) is 5.77. The third kappa shape index (κ3) is 9.34. The number of unbranched alkanes of at least 4 members (excludes halogenated alkanes) is 2. The Hall–Kier alpha value is -0.750. The SMILES string of the molecule is COC(=O)CCCCC#C/C=C/CBr. The van der Waals surface area contributed by atoms with E-state index in [0.29, 0.717) is 6.42 Å². The molecule has 0 heterocycles. The van der Waals surface area contributed by atoms with Crippen molar-refractivity contribution in [3.8, 4) is 11.8 Å². The van der Waals surface area contributed by atoms with Crippen LogP contribution < -0.4 is 0 Å². The van der Waals surface area contributed by atoms with Crippen molar-refractivity contribution < 1.29 is 9.53 Å². The average molecular weight is 259 g/mol. The van der Waals surface area contributed by atoms with Crippen molar-refractivity contribution in [3.05, 3.63) is 12.2 Å². The normalized spacial score (nSPS) is 9.57. The fraction of sp³-hybridized carbons (Fsp3) is 0.545. The molecule has 0 aliphatic carbocycles. The molecule has 0 saturated heterocycles. The van der Waals surface area contributed by atoms with E-state index in [4.69, 9.17) is 0 Å². The third-order valence-corrected chi connectivity index (χ3v) is 1.93. The molecule has 0 rings (SSSR count). The predicted molar refractivity (Wildman–Crippen MR) is 61.2 cm³/mol. The Kier molecular flexibility index (Phi) is 9.78. The van der Waals surface area contributed by atoms with Crippen LogP contribution >= 0.6 is 15.9 Å². The molecule has 0 radical (unpaired) electrons. The molecule has 0 amide bonds. The monoisotopic (exact) mass is 258 g/mol. The molecule has 14 heavy (non-hydrogen) atoms. The topological polar surface area (TPSA) is 26.3 Å². The lowest BCUT2D eigenvalue weighted by Crippen LogP contribution is -1.98. The highest BCUT2D eigenvalue weighted by molar-refractivity contribution is 9.09. The first-order valence-electron chi connectivity index (χ1n) is 4.57. The van der Waals surface area contributed by atoms with Gasteiger partial charge in [-0.25, -0.2) is 0 Å². The second-order valence-corrected chi connectivity index (χ2v) is 3.31. The van der Waals surface area contributed by atoms with Crippen molar-refractivity contribution in [2.24, 2.45) is 0 Å². The maximum Gasteiger partial charge on any atom is 0.305 e. The number of allylic oxidation sites excluding steroid dienone is 2. The Balaban J connectivity index is 3.31. The van der Waals surface area contributed by atoms with Crippen molar-refractivity contribution in [2.75, 3.05) is 12.4 Å². The lowest BCUT2D eigenvalue weighted by Gasteiger charge is -1.95. The van der Waals surface area contributed by atoms with Crippen LogP contribution in [0.15, 0.2) is 12.2 Å². The van der Waals surface area contributed by atoms with E-state index >= 15 is 0 Å². The van der Waals surface area contributed by atoms with Crippen LogP contribution in [0.5, 0.6) is 0 Å². The summed E-state index contributed by atoms with van der Waals surface area (Å²) in [5, 5.41) is 0.837. The Labute approximate surface area is 93.8 Å². The molecule has 0 aliphatic rings. The van der Waals surface area contributed by atoms with Crippen LogP contribution in [-0.4, -0.2) is 18.4 Å². The first kappa shape index (κ1) is 13.2. The Bertz CT molecular complexity index is 235. The van der Waals surface area contributed by atoms with Gasteiger partial charge in [0, 0.05) is 18.2 Å². The summed E-state index contributed by atoms with van der Waals surface area (Å²) in [5.41, 5.74) is 0. The quantitative estimate of drug-likeness (QED) is 0.328. The Morgan fingerprint density at radius 2 is 2.29 bits per heavy atom. The maximum absolute atomic E-state index is 10.7. The number of rotatable bonds is 5. The van der Waals surface area contributed by atoms with Gasteiger partial charge in [-0.1, -0.05) is 33.8 Å². The minimum absolute atomic E-state index is 0.142. The lowest BCUT2D eigenvalue weighted by molar-refractivity contribution is -0.140. The highest BCUT2D eigenvalue weighted by Crippen LogP contribution is 1.99. The lowest BCUT2D eigenvalue weighted by atomic mass is 10.2. The number of hydrogen-bond donors (Lipinski definition) is 0. The average Bonchev–Trinajstić information content (AvgIpc) is 2.21. The van der Waals surface area contributed by atoms with Crippen molar-refractivity contribution in [1.29, 1.82) is 0 Å². The summed E-state index contributed by atoms with van der Waals surface area (Å²) in [7, 11) is 1.41. The highest BCUT2D eigenvalue weighted by atomic mass is 79.9. The van der Waals surface area contributed by atoms with Crippen molar-refractivity contribution in [3.63, 3.8) is 0 Å². The zero-order chi connectivity index (χ0) is 10.6. The van der Waals surface area contributed by atoms with Gasteiger partial charge in [-0.2, -0.15) is 0 Å². The summed E-state index contributed by atoms with van der Waals surface area (Å²) in [6, 6.07) is 0. The fourth-order valence-electron chi connectivity index (χ4n) is 0.819. The molecule has 0 aromatic carbocycles. The molecule has 0 unspecified atom stereocenters. The molecule has 0 aliphatic heterocycles. The van der Waals surface area contributed by atoms with E-state index in [1.165, 1.54) is 7.11 Å². The van der Waals surface area contributed by atoms with E-state index in [-0.39, 0.29) is 5.97 Å². The first-order valence-corrected chi connectivity index (χ1v) is 5.69. The summed E-state index contributed by atoms with van der Waals surface area (Å²) < 4.78 is 4.52. The van der Waals surface area contributed by atoms with Crippen molar-refractivity contribution in [1.82, 2.24) is 0 Å². The minimum atomic E-state index is -0.142. The van der Waals surface area contributed by atoms with E-state index in [1.54, 1.807) is 0 Å². The van der Waals surface area contributed by atoms with E-state index in [1.807, 2.05) is 12.2 Å². The Morgan fingerprint density at radius 1 is 1.50 bits per heavy atom. The first-order chi connectivity index (χ1) is 6.81. The molecular formula is C11H15BrO2. The summed E-state index contributed by atoms with van der Waals surface area (Å²) >= 11 is 3.26. The van der Waals surface area contributed by atoms with Gasteiger partial charge in [-0.15, -0.1) is 0 Å². The largest absolute Gasteiger partial charge is 0.469 e. The molecule has 2 nitrogen and oxygen atoms in total. The summed E-state index contributed by atoms with van der Waals surface area (Å²) in [4.78, 5) is 10.7. The van der Waals surface area contributed by atoms with Gasteiger partial charge < -0.3 is 4.74 Å². The zero-order valence-electron chi connectivity index (χ0n) is 8.38. The highest BCUT2D eigenvalue weighted by Gasteiger charge is 1.97. The third-order valence-electron chi connectivity index (χ3n) is 1.55. The van der Waals surface area contributed by atoms with Crippen LogP contribution in [0.25, 0.3) is 0 Å². The van der Waals surface area contributed by atoms with E-state index in [0.717, 1.165) is 24.6 Å². The van der Waals surface area contributed by atoms with Gasteiger partial charge in [0.15, 0.2) is 0 Å². The van der Waals surface area contributed by atoms with Crippen LogP contribution in [0, 0.1) is 11.8 Å². The van der Waals surface area contributed by atoms with Gasteiger partial charge in [0.25, 0.3) is 0 Å². The smallest absolute Gasteiger partial charge is 0.305 e. The molecule has 0 saturated carbocycles. The summed E-state index contributed by atoms with van der Waals surface area (Å²) in [6.45, 7) is 0. The fourth-order valence-corrected chi connectivity index (χ4v) is 1.01. The van der Waals surface area contributed by atoms with Crippen LogP contribution in [0.4, 0.5) is 0 Å². The molecule has 0 aromatic rings. The standard InChI is InChI=1S/C11H15BrO2/c1-14-11(13)9-7-5-3-2-4-6-8-10-12/h6,8H,3,5,7,9-10H2,1H3/b8-6+. The Morgan fingerprint density at radius 3 is 2.93 bits per heavy atom. The molecule has 3 heteroatoms. The second-order valence-electron chi connectivity index (χ2n) is 2.66. The number of halogens is 1. The van der Waals surface area contributed by atoms with Gasteiger partial charge >= 0.3 is 5.97 Å². The molecule has 0 bridgehead atoms. The van der Waals surface area contributed by atoms with Crippen LogP contribution in [-0.2, 0) is 9.53 Å². The number of carbonyl (C=O) groups is 1. The number of hydrogen-bond acceptors (Lipinski definition) is 2. The molecule has 0 atom stereocenters. The number of carbonyl (C=O) groups excluding carboxylic acids is 1. The van der Waals surface area contributed by atoms with Crippen molar-refractivity contribution >= 4 is 21.9 Å². The van der Waals surface area contributed by atoms with Crippen LogP contribution in [0.2, 0.25) is 0 Å². The summed E-state index contributed by atoms with van der Waals surface area (Å²) in [6.07, 6.45) is 6.91. The van der Waals surface area contributed by atoms with Gasteiger partial charge in [0.2, 0.25) is 0 Å².